The van der Waals surface area contributed by atoms with E-state index in [2.05, 4.69) is 20.8 Å². The summed E-state index contributed by atoms with van der Waals surface area (Å²) in [6, 6.07) is 0. The van der Waals surface area contributed by atoms with E-state index in [0.717, 1.165) is 32.4 Å². The van der Waals surface area contributed by atoms with Gasteiger partial charge in [0, 0.05) is 17.9 Å². The first-order valence-corrected chi connectivity index (χ1v) is 7.78. The van der Waals surface area contributed by atoms with Crippen molar-refractivity contribution < 1.29 is 4.79 Å². The Bertz CT molecular complexity index is 223. The van der Waals surface area contributed by atoms with E-state index in [4.69, 9.17) is 0 Å². The Balaban J connectivity index is 1.84. The molecule has 2 aliphatic rings. The second kappa shape index (κ2) is 5.58. The van der Waals surface area contributed by atoms with Crippen LogP contribution in [0.4, 0.5) is 0 Å². The minimum atomic E-state index is 0.269. The Labute approximate surface area is 104 Å². The molecule has 0 saturated carbocycles. The summed E-state index contributed by atoms with van der Waals surface area (Å²) in [7, 11) is 0. The van der Waals surface area contributed by atoms with E-state index in [1.165, 1.54) is 18.6 Å². The molecule has 0 aliphatic carbocycles. The van der Waals surface area contributed by atoms with E-state index in [-0.39, 0.29) is 5.25 Å². The Morgan fingerprint density at radius 1 is 1.20 bits per heavy atom. The number of hydrogen-bond donors (Lipinski definition) is 0. The number of thioether (sulfide) groups is 1. The molecule has 0 aromatic carbocycles. The van der Waals surface area contributed by atoms with E-state index >= 15 is 0 Å². The maximum atomic E-state index is 12.1. The minimum Gasteiger partial charge on any atom is -0.342 e. The minimum absolute atomic E-state index is 0.269. The summed E-state index contributed by atoms with van der Waals surface area (Å²) in [5.41, 5.74) is 0. The third kappa shape index (κ3) is 3.13. The number of halogens is 1. The lowest BCUT2D eigenvalue weighted by atomic mass is 10.1. The number of carbonyl (C=O) groups excluding carboxylic acids is 1. The molecule has 2 aliphatic heterocycles. The topological polar surface area (TPSA) is 20.3 Å². The van der Waals surface area contributed by atoms with Gasteiger partial charge in [-0.05, 0) is 31.4 Å². The summed E-state index contributed by atoms with van der Waals surface area (Å²) in [5.74, 6) is 1.57. The zero-order chi connectivity index (χ0) is 10.7. The lowest BCUT2D eigenvalue weighted by molar-refractivity contribution is -0.131. The van der Waals surface area contributed by atoms with Crippen molar-refractivity contribution >= 4 is 33.6 Å². The fourth-order valence-corrected chi connectivity index (χ4v) is 3.90. The van der Waals surface area contributed by atoms with Crippen LogP contribution in [0.3, 0.4) is 0 Å². The number of piperidine rings is 1. The van der Waals surface area contributed by atoms with Gasteiger partial charge < -0.3 is 4.90 Å². The third-order valence-electron chi connectivity index (χ3n) is 3.19. The van der Waals surface area contributed by atoms with Crippen molar-refractivity contribution in [2.45, 2.75) is 42.2 Å². The fraction of sp³-hybridized carbons (Fsp3) is 0.909. The van der Waals surface area contributed by atoms with Gasteiger partial charge in [0.1, 0.15) is 0 Å². The van der Waals surface area contributed by atoms with Crippen molar-refractivity contribution in [3.8, 4) is 0 Å². The molecule has 1 atom stereocenters. The highest BCUT2D eigenvalue weighted by molar-refractivity contribution is 9.09. The van der Waals surface area contributed by atoms with Crippen LogP contribution in [0.5, 0.6) is 0 Å². The smallest absolute Gasteiger partial charge is 0.235 e. The number of alkyl halides is 1. The quantitative estimate of drug-likeness (QED) is 0.693. The second-order valence-corrected chi connectivity index (χ2v) is 6.96. The maximum absolute atomic E-state index is 12.1. The Kier molecular flexibility index (Phi) is 4.38. The number of hydrogen-bond acceptors (Lipinski definition) is 2. The van der Waals surface area contributed by atoms with Gasteiger partial charge in [-0.15, -0.1) is 11.8 Å². The molecule has 0 aromatic heterocycles. The molecular formula is C11H18BrNOS. The van der Waals surface area contributed by atoms with Gasteiger partial charge in [0.05, 0.1) is 5.25 Å². The van der Waals surface area contributed by atoms with Gasteiger partial charge in [0.15, 0.2) is 0 Å². The number of likely N-dealkylation sites (tertiary alicyclic amines) is 1. The molecular weight excluding hydrogens is 274 g/mol. The summed E-state index contributed by atoms with van der Waals surface area (Å²) in [6.45, 7) is 1.90. The highest BCUT2D eigenvalue weighted by Crippen LogP contribution is 2.28. The number of amides is 1. The zero-order valence-electron chi connectivity index (χ0n) is 8.95. The number of rotatable bonds is 1. The molecule has 15 heavy (non-hydrogen) atoms. The molecule has 86 valence electrons. The molecule has 0 bridgehead atoms. The summed E-state index contributed by atoms with van der Waals surface area (Å²) in [5, 5.41) is 0.269. The summed E-state index contributed by atoms with van der Waals surface area (Å²) in [6.07, 6.45) is 5.85. The number of carbonyl (C=O) groups is 1. The average Bonchev–Trinajstić information content (AvgIpc) is 2.30. The highest BCUT2D eigenvalue weighted by atomic mass is 79.9. The van der Waals surface area contributed by atoms with Crippen LogP contribution in [0.15, 0.2) is 0 Å². The fourth-order valence-electron chi connectivity index (χ4n) is 2.21. The largest absolute Gasteiger partial charge is 0.342 e. The molecule has 1 unspecified atom stereocenters. The van der Waals surface area contributed by atoms with Gasteiger partial charge in [0.25, 0.3) is 0 Å². The Morgan fingerprint density at radius 3 is 2.53 bits per heavy atom. The van der Waals surface area contributed by atoms with Crippen molar-refractivity contribution in [3.63, 3.8) is 0 Å². The molecule has 1 amide bonds. The van der Waals surface area contributed by atoms with E-state index in [9.17, 15) is 4.79 Å². The van der Waals surface area contributed by atoms with Crippen LogP contribution in [0.25, 0.3) is 0 Å². The predicted octanol–water partition coefficient (Wildman–Crippen LogP) is 2.66. The molecule has 0 spiro atoms. The standard InChI is InChI=1S/C11H18BrNOS/c12-9-4-6-13(7-5-9)11(14)10-3-1-2-8-15-10/h9-10H,1-8H2. The van der Waals surface area contributed by atoms with Crippen molar-refractivity contribution in [1.82, 2.24) is 4.90 Å². The van der Waals surface area contributed by atoms with Crippen LogP contribution in [-0.2, 0) is 4.79 Å². The van der Waals surface area contributed by atoms with E-state index in [1.54, 1.807) is 0 Å². The third-order valence-corrected chi connectivity index (χ3v) is 5.47. The van der Waals surface area contributed by atoms with Gasteiger partial charge in [-0.3, -0.25) is 4.79 Å². The van der Waals surface area contributed by atoms with Crippen LogP contribution >= 0.6 is 27.7 Å². The van der Waals surface area contributed by atoms with Gasteiger partial charge in [0.2, 0.25) is 5.91 Å². The average molecular weight is 292 g/mol. The van der Waals surface area contributed by atoms with Gasteiger partial charge in [-0.25, -0.2) is 0 Å². The summed E-state index contributed by atoms with van der Waals surface area (Å²) < 4.78 is 0. The first-order chi connectivity index (χ1) is 7.27. The predicted molar refractivity (Wildman–Crippen MR) is 68.6 cm³/mol. The summed E-state index contributed by atoms with van der Waals surface area (Å²) in [4.78, 5) is 14.8. The number of nitrogens with zero attached hydrogens (tertiary/aromatic N) is 1. The van der Waals surface area contributed by atoms with Gasteiger partial charge in [-0.2, -0.15) is 0 Å². The molecule has 0 N–H and O–H groups in total. The van der Waals surface area contributed by atoms with Crippen LogP contribution in [0.2, 0.25) is 0 Å². The van der Waals surface area contributed by atoms with E-state index in [1.807, 2.05) is 11.8 Å². The molecule has 4 heteroatoms. The van der Waals surface area contributed by atoms with Crippen LogP contribution in [0.1, 0.15) is 32.1 Å². The van der Waals surface area contributed by atoms with Gasteiger partial charge >= 0.3 is 0 Å². The molecule has 0 radical (unpaired) electrons. The normalized spacial score (nSPS) is 29.1. The zero-order valence-corrected chi connectivity index (χ0v) is 11.4. The van der Waals surface area contributed by atoms with E-state index < -0.39 is 0 Å². The monoisotopic (exact) mass is 291 g/mol. The molecule has 2 rings (SSSR count). The molecule has 2 saturated heterocycles. The first kappa shape index (κ1) is 11.8. The van der Waals surface area contributed by atoms with Crippen molar-refractivity contribution in [2.75, 3.05) is 18.8 Å². The maximum Gasteiger partial charge on any atom is 0.235 e. The van der Waals surface area contributed by atoms with Crippen LogP contribution in [-0.4, -0.2) is 39.7 Å². The van der Waals surface area contributed by atoms with Crippen LogP contribution in [0, 0.1) is 0 Å². The Morgan fingerprint density at radius 2 is 1.93 bits per heavy atom. The lowest BCUT2D eigenvalue weighted by Crippen LogP contribution is -2.43. The van der Waals surface area contributed by atoms with E-state index in [0.29, 0.717) is 10.7 Å². The molecule has 2 nitrogen and oxygen atoms in total. The van der Waals surface area contributed by atoms with Crippen LogP contribution < -0.4 is 0 Å². The molecule has 2 fully saturated rings. The second-order valence-electron chi connectivity index (χ2n) is 4.36. The SMILES string of the molecule is O=C(C1CCCCS1)N1CCC(Br)CC1. The van der Waals surface area contributed by atoms with Crippen molar-refractivity contribution in [1.29, 1.82) is 0 Å². The summed E-state index contributed by atoms with van der Waals surface area (Å²) >= 11 is 5.48. The molecule has 2 heterocycles. The highest BCUT2D eigenvalue weighted by Gasteiger charge is 2.28. The molecule has 0 aromatic rings. The van der Waals surface area contributed by atoms with Crippen molar-refractivity contribution in [3.05, 3.63) is 0 Å². The lowest BCUT2D eigenvalue weighted by Gasteiger charge is -2.33. The van der Waals surface area contributed by atoms with Gasteiger partial charge in [-0.1, -0.05) is 22.4 Å². The van der Waals surface area contributed by atoms with Crippen molar-refractivity contribution in [2.24, 2.45) is 0 Å². The Hall–Kier alpha value is 0.300. The first-order valence-electron chi connectivity index (χ1n) is 5.82.